The summed E-state index contributed by atoms with van der Waals surface area (Å²) in [5.74, 6) is 0. The molecule has 2 aromatic rings. The number of para-hydroxylation sites is 1. The molecule has 0 amide bonds. The molecule has 0 aliphatic heterocycles. The molecule has 0 atom stereocenters. The molecule has 0 spiro atoms. The highest BCUT2D eigenvalue weighted by Gasteiger charge is 2.01. The molecule has 0 aliphatic carbocycles. The van der Waals surface area contributed by atoms with E-state index >= 15 is 0 Å². The summed E-state index contributed by atoms with van der Waals surface area (Å²) in [6.45, 7) is 3.22. The maximum absolute atomic E-state index is 3.52. The molecule has 0 saturated heterocycles. The summed E-state index contributed by atoms with van der Waals surface area (Å²) < 4.78 is 0. The quantitative estimate of drug-likeness (QED) is 0.735. The molecule has 2 N–H and O–H groups in total. The fourth-order valence-electron chi connectivity index (χ4n) is 2.18. The van der Waals surface area contributed by atoms with Gasteiger partial charge in [-0.3, -0.25) is 0 Å². The lowest BCUT2D eigenvalue weighted by atomic mass is 10.2. The van der Waals surface area contributed by atoms with E-state index in [-0.39, 0.29) is 0 Å². The largest absolute Gasteiger partial charge is 0.361 e. The first-order valence-corrected chi connectivity index (χ1v) is 6.68. The molecular formula is C15H23N3. The van der Waals surface area contributed by atoms with Gasteiger partial charge in [0.15, 0.2) is 0 Å². The van der Waals surface area contributed by atoms with Crippen molar-refractivity contribution in [3.8, 4) is 0 Å². The lowest BCUT2D eigenvalue weighted by molar-refractivity contribution is 0.391. The van der Waals surface area contributed by atoms with Gasteiger partial charge < -0.3 is 15.2 Å². The fraction of sp³-hybridized carbons (Fsp3) is 0.467. The van der Waals surface area contributed by atoms with Crippen LogP contribution in [0.3, 0.4) is 0 Å². The molecule has 0 unspecified atom stereocenters. The van der Waals surface area contributed by atoms with Crippen LogP contribution in [0.4, 0.5) is 0 Å². The van der Waals surface area contributed by atoms with E-state index in [9.17, 15) is 0 Å². The minimum Gasteiger partial charge on any atom is -0.361 e. The number of unbranched alkanes of at least 4 members (excludes halogenated alkanes) is 1. The second-order valence-electron chi connectivity index (χ2n) is 5.05. The molecule has 18 heavy (non-hydrogen) atoms. The van der Waals surface area contributed by atoms with Crippen molar-refractivity contribution in [2.75, 3.05) is 27.2 Å². The number of benzene rings is 1. The molecule has 0 saturated carbocycles. The van der Waals surface area contributed by atoms with Gasteiger partial charge in [-0.1, -0.05) is 18.2 Å². The number of aromatic amines is 1. The average molecular weight is 245 g/mol. The Kier molecular flexibility index (Phi) is 4.79. The Morgan fingerprint density at radius 3 is 2.83 bits per heavy atom. The van der Waals surface area contributed by atoms with E-state index < -0.39 is 0 Å². The number of hydrogen-bond acceptors (Lipinski definition) is 2. The van der Waals surface area contributed by atoms with Crippen molar-refractivity contribution in [2.45, 2.75) is 19.4 Å². The molecule has 3 heteroatoms. The normalized spacial score (nSPS) is 11.5. The summed E-state index contributed by atoms with van der Waals surface area (Å²) in [4.78, 5) is 5.54. The minimum absolute atomic E-state index is 0.950. The van der Waals surface area contributed by atoms with Crippen LogP contribution in [0.5, 0.6) is 0 Å². The zero-order valence-electron chi connectivity index (χ0n) is 11.4. The minimum atomic E-state index is 0.950. The molecular weight excluding hydrogens is 222 g/mol. The van der Waals surface area contributed by atoms with E-state index in [1.54, 1.807) is 0 Å². The van der Waals surface area contributed by atoms with E-state index in [4.69, 9.17) is 0 Å². The molecule has 2 rings (SSSR count). The zero-order chi connectivity index (χ0) is 12.8. The van der Waals surface area contributed by atoms with Gasteiger partial charge in [0.2, 0.25) is 0 Å². The van der Waals surface area contributed by atoms with Crippen molar-refractivity contribution in [1.82, 2.24) is 15.2 Å². The van der Waals surface area contributed by atoms with Crippen molar-refractivity contribution in [3.63, 3.8) is 0 Å². The van der Waals surface area contributed by atoms with Gasteiger partial charge in [-0.25, -0.2) is 0 Å². The number of nitrogens with zero attached hydrogens (tertiary/aromatic N) is 1. The Morgan fingerprint density at radius 1 is 1.17 bits per heavy atom. The Balaban J connectivity index is 1.74. The van der Waals surface area contributed by atoms with Gasteiger partial charge in [-0.2, -0.15) is 0 Å². The van der Waals surface area contributed by atoms with Crippen LogP contribution in [0.25, 0.3) is 10.9 Å². The first-order chi connectivity index (χ1) is 8.77. The topological polar surface area (TPSA) is 31.1 Å². The number of H-pyrrole nitrogens is 1. The highest BCUT2D eigenvalue weighted by atomic mass is 15.0. The second kappa shape index (κ2) is 6.57. The van der Waals surface area contributed by atoms with E-state index in [2.05, 4.69) is 59.8 Å². The number of rotatable bonds is 7. The fourth-order valence-corrected chi connectivity index (χ4v) is 2.18. The number of nitrogens with one attached hydrogen (secondary N) is 2. The van der Waals surface area contributed by atoms with Crippen molar-refractivity contribution in [2.24, 2.45) is 0 Å². The summed E-state index contributed by atoms with van der Waals surface area (Å²) >= 11 is 0. The summed E-state index contributed by atoms with van der Waals surface area (Å²) in [6.07, 6.45) is 4.60. The van der Waals surface area contributed by atoms with Crippen LogP contribution >= 0.6 is 0 Å². The maximum Gasteiger partial charge on any atom is 0.0457 e. The van der Waals surface area contributed by atoms with Crippen LogP contribution in [0.2, 0.25) is 0 Å². The third kappa shape index (κ3) is 3.59. The predicted octanol–water partition coefficient (Wildman–Crippen LogP) is 2.60. The molecule has 3 nitrogen and oxygen atoms in total. The summed E-state index contributed by atoms with van der Waals surface area (Å²) in [6, 6.07) is 8.46. The SMILES string of the molecule is CN(C)CCCCNCc1c[nH]c2ccccc12. The van der Waals surface area contributed by atoms with Crippen molar-refractivity contribution in [1.29, 1.82) is 0 Å². The lowest BCUT2D eigenvalue weighted by Crippen LogP contribution is -2.17. The Bertz CT molecular complexity index is 473. The molecule has 0 radical (unpaired) electrons. The first kappa shape index (κ1) is 13.1. The molecule has 98 valence electrons. The lowest BCUT2D eigenvalue weighted by Gasteiger charge is -2.09. The molecule has 0 fully saturated rings. The molecule has 1 aromatic carbocycles. The Hall–Kier alpha value is -1.32. The summed E-state index contributed by atoms with van der Waals surface area (Å²) in [5.41, 5.74) is 2.58. The summed E-state index contributed by atoms with van der Waals surface area (Å²) in [7, 11) is 4.25. The highest BCUT2D eigenvalue weighted by molar-refractivity contribution is 5.82. The third-order valence-electron chi connectivity index (χ3n) is 3.20. The van der Waals surface area contributed by atoms with Crippen molar-refractivity contribution in [3.05, 3.63) is 36.0 Å². The zero-order valence-corrected chi connectivity index (χ0v) is 11.4. The number of fused-ring (bicyclic) bond motifs is 1. The average Bonchev–Trinajstić information content (AvgIpc) is 2.77. The molecule has 0 bridgehead atoms. The van der Waals surface area contributed by atoms with E-state index in [0.717, 1.165) is 13.1 Å². The van der Waals surface area contributed by atoms with Crippen LogP contribution in [0, 0.1) is 0 Å². The van der Waals surface area contributed by atoms with Crippen LogP contribution < -0.4 is 5.32 Å². The maximum atomic E-state index is 3.52. The highest BCUT2D eigenvalue weighted by Crippen LogP contribution is 2.17. The first-order valence-electron chi connectivity index (χ1n) is 6.68. The van der Waals surface area contributed by atoms with Gasteiger partial charge in [-0.15, -0.1) is 0 Å². The van der Waals surface area contributed by atoms with Crippen LogP contribution in [-0.2, 0) is 6.54 Å². The van der Waals surface area contributed by atoms with Gasteiger partial charge >= 0.3 is 0 Å². The van der Waals surface area contributed by atoms with Gasteiger partial charge in [0, 0.05) is 23.6 Å². The second-order valence-corrected chi connectivity index (χ2v) is 5.05. The summed E-state index contributed by atoms with van der Waals surface area (Å²) in [5, 5.41) is 4.85. The third-order valence-corrected chi connectivity index (χ3v) is 3.20. The molecule has 0 aliphatic rings. The van der Waals surface area contributed by atoms with Gasteiger partial charge in [0.1, 0.15) is 0 Å². The van der Waals surface area contributed by atoms with Gasteiger partial charge in [-0.05, 0) is 51.7 Å². The number of hydrogen-bond donors (Lipinski definition) is 2. The smallest absolute Gasteiger partial charge is 0.0457 e. The van der Waals surface area contributed by atoms with E-state index in [1.807, 2.05) is 0 Å². The number of aromatic nitrogens is 1. The predicted molar refractivity (Wildman–Crippen MR) is 77.8 cm³/mol. The van der Waals surface area contributed by atoms with Crippen LogP contribution in [0.15, 0.2) is 30.5 Å². The van der Waals surface area contributed by atoms with Crippen LogP contribution in [-0.4, -0.2) is 37.1 Å². The van der Waals surface area contributed by atoms with Gasteiger partial charge in [0.05, 0.1) is 0 Å². The Labute approximate surface area is 109 Å². The van der Waals surface area contributed by atoms with Crippen LogP contribution in [0.1, 0.15) is 18.4 Å². The standard InChI is InChI=1S/C15H23N3/c1-18(2)10-6-5-9-16-11-13-12-17-15-8-4-3-7-14(13)15/h3-4,7-8,12,16-17H,5-6,9-11H2,1-2H3. The van der Waals surface area contributed by atoms with E-state index in [1.165, 1.54) is 35.9 Å². The van der Waals surface area contributed by atoms with Crippen molar-refractivity contribution >= 4 is 10.9 Å². The van der Waals surface area contributed by atoms with Gasteiger partial charge in [0.25, 0.3) is 0 Å². The molecule has 1 heterocycles. The van der Waals surface area contributed by atoms with E-state index in [0.29, 0.717) is 0 Å². The molecule has 1 aromatic heterocycles. The monoisotopic (exact) mass is 245 g/mol. The Morgan fingerprint density at radius 2 is 2.00 bits per heavy atom. The van der Waals surface area contributed by atoms with Crippen molar-refractivity contribution < 1.29 is 0 Å².